The number of thiazole rings is 1. The van der Waals surface area contributed by atoms with Crippen LogP contribution in [0.15, 0.2) is 33.7 Å². The predicted molar refractivity (Wildman–Crippen MR) is 109 cm³/mol. The van der Waals surface area contributed by atoms with Crippen molar-refractivity contribution in [3.8, 4) is 0 Å². The van der Waals surface area contributed by atoms with Gasteiger partial charge in [0.05, 0.1) is 0 Å². The fraction of sp³-hybridized carbons (Fsp3) is 0.188. The number of β-lactam (4-membered cyclic amide) rings is 1. The summed E-state index contributed by atoms with van der Waals surface area (Å²) in [6.07, 6.45) is 0. The van der Waals surface area contributed by atoms with Crippen molar-refractivity contribution in [2.45, 2.75) is 11.4 Å². The number of hydrogen-bond donors (Lipinski definition) is 4. The molecule has 1 fully saturated rings. The van der Waals surface area contributed by atoms with Gasteiger partial charge in [0, 0.05) is 21.6 Å². The Balaban J connectivity index is 1.56. The molecule has 1 saturated heterocycles. The van der Waals surface area contributed by atoms with Crippen LogP contribution in [0.2, 0.25) is 0 Å². The molecule has 2 aromatic rings. The van der Waals surface area contributed by atoms with E-state index in [0.717, 1.165) is 16.2 Å². The molecule has 4 heterocycles. The summed E-state index contributed by atoms with van der Waals surface area (Å²) < 4.78 is 0. The van der Waals surface area contributed by atoms with Crippen molar-refractivity contribution < 1.29 is 24.7 Å². The first-order valence-corrected chi connectivity index (χ1v) is 10.9. The van der Waals surface area contributed by atoms with Crippen molar-refractivity contribution >= 4 is 68.6 Å². The molecule has 0 radical (unpaired) electrons. The Labute approximate surface area is 175 Å². The number of carboxylic acid groups (broad SMARTS) is 1. The Morgan fingerprint density at radius 2 is 2.17 bits per heavy atom. The number of aromatic nitrogens is 1. The van der Waals surface area contributed by atoms with E-state index in [1.807, 2.05) is 11.4 Å². The van der Waals surface area contributed by atoms with Gasteiger partial charge in [-0.1, -0.05) is 11.2 Å². The molecule has 2 amide bonds. The van der Waals surface area contributed by atoms with Crippen molar-refractivity contribution in [3.63, 3.8) is 0 Å². The number of hydrogen-bond acceptors (Lipinski definition) is 10. The molecule has 2 aliphatic rings. The lowest BCUT2D eigenvalue weighted by molar-refractivity contribution is -0.149. The topological polar surface area (TPSA) is 158 Å². The zero-order valence-corrected chi connectivity index (χ0v) is 16.9. The average Bonchev–Trinajstić information content (AvgIpc) is 3.37. The van der Waals surface area contributed by atoms with Gasteiger partial charge < -0.3 is 21.4 Å². The standard InChI is InChI=1S/C16H13N5O5S3/c17-16-18-7(5-29-16)9(20-26)12(22)19-10-13(23)21-11(15(24)25)6(4-28-14(10)21)8-2-1-3-27-8/h1-3,5,10,14,26H,4H2,(H2,17,18)(H,19,22)(H,24,25)/b20-9+/t10-,14-/m1/s1. The minimum absolute atomic E-state index is 0.0741. The fourth-order valence-corrected chi connectivity index (χ4v) is 5.85. The minimum Gasteiger partial charge on any atom is -0.477 e. The smallest absolute Gasteiger partial charge is 0.353 e. The van der Waals surface area contributed by atoms with E-state index < -0.39 is 29.2 Å². The van der Waals surface area contributed by atoms with Crippen molar-refractivity contribution in [3.05, 3.63) is 39.2 Å². The lowest BCUT2D eigenvalue weighted by atomic mass is 10.0. The lowest BCUT2D eigenvalue weighted by Crippen LogP contribution is -2.71. The number of nitrogens with one attached hydrogen (secondary N) is 1. The van der Waals surface area contributed by atoms with Gasteiger partial charge in [-0.15, -0.1) is 34.4 Å². The Bertz CT molecular complexity index is 1060. The van der Waals surface area contributed by atoms with Crippen molar-refractivity contribution in [1.29, 1.82) is 0 Å². The Morgan fingerprint density at radius 1 is 1.38 bits per heavy atom. The molecule has 0 unspecified atom stereocenters. The van der Waals surface area contributed by atoms with Gasteiger partial charge in [-0.3, -0.25) is 14.5 Å². The van der Waals surface area contributed by atoms with Gasteiger partial charge in [0.15, 0.2) is 10.8 Å². The van der Waals surface area contributed by atoms with Gasteiger partial charge in [0.2, 0.25) is 0 Å². The molecular weight excluding hydrogens is 438 g/mol. The van der Waals surface area contributed by atoms with E-state index in [1.165, 1.54) is 33.4 Å². The highest BCUT2D eigenvalue weighted by Crippen LogP contribution is 2.44. The maximum Gasteiger partial charge on any atom is 0.353 e. The maximum atomic E-state index is 12.7. The molecule has 0 aliphatic carbocycles. The van der Waals surface area contributed by atoms with E-state index in [-0.39, 0.29) is 22.2 Å². The third-order valence-electron chi connectivity index (χ3n) is 4.36. The van der Waals surface area contributed by atoms with Crippen LogP contribution in [0, 0.1) is 0 Å². The highest BCUT2D eigenvalue weighted by molar-refractivity contribution is 8.00. The Morgan fingerprint density at radius 3 is 2.76 bits per heavy atom. The number of aliphatic carboxylic acids is 1. The number of oxime groups is 1. The molecule has 2 aliphatic heterocycles. The second-order valence-corrected chi connectivity index (χ2v) is 8.93. The Kier molecular flexibility index (Phi) is 5.02. The largest absolute Gasteiger partial charge is 0.477 e. The number of fused-ring (bicyclic) bond motifs is 1. The molecule has 0 aromatic carbocycles. The summed E-state index contributed by atoms with van der Waals surface area (Å²) in [7, 11) is 0. The van der Waals surface area contributed by atoms with Gasteiger partial charge in [-0.05, 0) is 11.4 Å². The van der Waals surface area contributed by atoms with Gasteiger partial charge in [0.25, 0.3) is 11.8 Å². The van der Waals surface area contributed by atoms with E-state index >= 15 is 0 Å². The van der Waals surface area contributed by atoms with Crippen LogP contribution in [0.4, 0.5) is 5.13 Å². The highest BCUT2D eigenvalue weighted by atomic mass is 32.2. The molecule has 0 saturated carbocycles. The molecule has 2 atom stereocenters. The normalized spacial score (nSPS) is 21.6. The summed E-state index contributed by atoms with van der Waals surface area (Å²) in [5.74, 6) is -2.17. The summed E-state index contributed by atoms with van der Waals surface area (Å²) in [4.78, 5) is 42.9. The molecule has 13 heteroatoms. The molecule has 5 N–H and O–H groups in total. The second-order valence-electron chi connectivity index (χ2n) is 5.99. The quantitative estimate of drug-likeness (QED) is 0.225. The van der Waals surface area contributed by atoms with E-state index in [9.17, 15) is 24.7 Å². The molecule has 29 heavy (non-hydrogen) atoms. The molecule has 10 nitrogen and oxygen atoms in total. The number of anilines is 1. The first-order valence-electron chi connectivity index (χ1n) is 8.11. The Hall–Kier alpha value is -2.90. The number of thiophene rings is 1. The third kappa shape index (κ3) is 3.26. The maximum absolute atomic E-state index is 12.7. The van der Waals surface area contributed by atoms with Crippen LogP contribution < -0.4 is 11.1 Å². The van der Waals surface area contributed by atoms with E-state index in [1.54, 1.807) is 6.07 Å². The second kappa shape index (κ2) is 7.50. The number of carbonyl (C=O) groups is 3. The van der Waals surface area contributed by atoms with Gasteiger partial charge in [-0.2, -0.15) is 0 Å². The van der Waals surface area contributed by atoms with Crippen LogP contribution in [0.25, 0.3) is 5.57 Å². The molecule has 150 valence electrons. The predicted octanol–water partition coefficient (Wildman–Crippen LogP) is 0.861. The number of amides is 2. The lowest BCUT2D eigenvalue weighted by Gasteiger charge is -2.49. The molecule has 0 bridgehead atoms. The zero-order valence-electron chi connectivity index (χ0n) is 14.4. The van der Waals surface area contributed by atoms with E-state index in [2.05, 4.69) is 15.5 Å². The van der Waals surface area contributed by atoms with Crippen LogP contribution in [0.5, 0.6) is 0 Å². The van der Waals surface area contributed by atoms with Crippen LogP contribution in [-0.2, 0) is 14.4 Å². The SMILES string of the molecule is Nc1nc(/C(=N\O)C(=O)N[C@@H]2C(=O)N3C(C(=O)O)=C(c4cccs4)CS[C@H]23)cs1. The summed E-state index contributed by atoms with van der Waals surface area (Å²) in [5.41, 5.74) is 5.73. The van der Waals surface area contributed by atoms with Crippen LogP contribution in [-0.4, -0.2) is 60.9 Å². The van der Waals surface area contributed by atoms with Crippen LogP contribution in [0.1, 0.15) is 10.6 Å². The van der Waals surface area contributed by atoms with Gasteiger partial charge in [-0.25, -0.2) is 9.78 Å². The van der Waals surface area contributed by atoms with E-state index in [4.69, 9.17) is 5.73 Å². The molecule has 2 aromatic heterocycles. The summed E-state index contributed by atoms with van der Waals surface area (Å²) >= 11 is 3.82. The number of nitrogens with zero attached hydrogens (tertiary/aromatic N) is 3. The van der Waals surface area contributed by atoms with Crippen molar-refractivity contribution in [2.24, 2.45) is 5.16 Å². The number of carbonyl (C=O) groups excluding carboxylic acids is 2. The fourth-order valence-electron chi connectivity index (χ4n) is 3.08. The van der Waals surface area contributed by atoms with E-state index in [0.29, 0.717) is 11.3 Å². The van der Waals surface area contributed by atoms with Crippen LogP contribution in [0.3, 0.4) is 0 Å². The number of nitrogen functional groups attached to an aromatic ring is 1. The van der Waals surface area contributed by atoms with Crippen molar-refractivity contribution in [1.82, 2.24) is 15.2 Å². The summed E-state index contributed by atoms with van der Waals surface area (Å²) in [6, 6.07) is 2.67. The molecular formula is C16H13N5O5S3. The van der Waals surface area contributed by atoms with Gasteiger partial charge in [0.1, 0.15) is 22.8 Å². The first kappa shape index (κ1) is 19.4. The summed E-state index contributed by atoms with van der Waals surface area (Å²) in [5, 5.41) is 27.2. The zero-order chi connectivity index (χ0) is 20.7. The number of thioether (sulfide) groups is 1. The highest BCUT2D eigenvalue weighted by Gasteiger charge is 2.54. The first-order chi connectivity index (χ1) is 13.9. The average molecular weight is 452 g/mol. The molecule has 4 rings (SSSR count). The minimum atomic E-state index is -1.20. The van der Waals surface area contributed by atoms with Crippen molar-refractivity contribution in [2.75, 3.05) is 11.5 Å². The van der Waals surface area contributed by atoms with Crippen LogP contribution >= 0.6 is 34.4 Å². The number of rotatable bonds is 5. The number of carboxylic acids is 1. The van der Waals surface area contributed by atoms with Gasteiger partial charge >= 0.3 is 5.97 Å². The third-order valence-corrected chi connectivity index (χ3v) is 7.24. The molecule has 0 spiro atoms. The number of nitrogens with two attached hydrogens (primary N) is 1. The monoisotopic (exact) mass is 451 g/mol. The summed E-state index contributed by atoms with van der Waals surface area (Å²) in [6.45, 7) is 0.